The first kappa shape index (κ1) is 18.6. The lowest BCUT2D eigenvalue weighted by atomic mass is 9.99. The molecule has 2 saturated heterocycles. The molecule has 0 aromatic carbocycles. The van der Waals surface area contributed by atoms with Gasteiger partial charge in [0.1, 0.15) is 17.4 Å². The summed E-state index contributed by atoms with van der Waals surface area (Å²) in [4.78, 5) is 19.0. The van der Waals surface area contributed by atoms with Gasteiger partial charge in [0.2, 0.25) is 5.91 Å². The van der Waals surface area contributed by atoms with Crippen molar-refractivity contribution in [2.24, 2.45) is 11.3 Å². The molecule has 3 atom stereocenters. The molecule has 5 heterocycles. The molecule has 31 heavy (non-hydrogen) atoms. The van der Waals surface area contributed by atoms with Crippen LogP contribution in [0.5, 0.6) is 5.75 Å². The van der Waals surface area contributed by atoms with Crippen molar-refractivity contribution in [2.75, 3.05) is 37.6 Å². The van der Waals surface area contributed by atoms with E-state index in [4.69, 9.17) is 9.72 Å². The predicted octanol–water partition coefficient (Wildman–Crippen LogP) is 1.71. The number of piperazine rings is 1. The highest BCUT2D eigenvalue weighted by atomic mass is 16.5. The average molecular weight is 419 g/mol. The van der Waals surface area contributed by atoms with Gasteiger partial charge < -0.3 is 20.3 Å². The number of carbonyl (C=O) groups excluding carboxylic acids is 1. The smallest absolute Gasteiger partial charge is 0.223 e. The first-order valence-electron chi connectivity index (χ1n) is 11.0. The highest BCUT2D eigenvalue weighted by molar-refractivity contribution is 5.86. The van der Waals surface area contributed by atoms with E-state index in [2.05, 4.69) is 39.7 Å². The van der Waals surface area contributed by atoms with E-state index in [1.807, 2.05) is 29.0 Å². The molecule has 1 amide bonds. The van der Waals surface area contributed by atoms with E-state index in [0.717, 1.165) is 60.8 Å². The van der Waals surface area contributed by atoms with E-state index in [1.165, 1.54) is 0 Å². The number of pyridine rings is 2. The molecule has 160 valence electrons. The molecule has 0 bridgehead atoms. The van der Waals surface area contributed by atoms with Crippen LogP contribution in [0.3, 0.4) is 0 Å². The fourth-order valence-corrected chi connectivity index (χ4v) is 5.04. The van der Waals surface area contributed by atoms with Gasteiger partial charge in [-0.1, -0.05) is 0 Å². The maximum absolute atomic E-state index is 11.9. The van der Waals surface area contributed by atoms with E-state index in [-0.39, 0.29) is 23.3 Å². The van der Waals surface area contributed by atoms with Crippen LogP contribution in [0.4, 0.5) is 5.69 Å². The highest BCUT2D eigenvalue weighted by Crippen LogP contribution is 2.58. The van der Waals surface area contributed by atoms with E-state index in [0.29, 0.717) is 6.54 Å². The van der Waals surface area contributed by atoms with E-state index >= 15 is 0 Å². The quantitative estimate of drug-likeness (QED) is 0.656. The van der Waals surface area contributed by atoms with Crippen molar-refractivity contribution in [1.29, 1.82) is 0 Å². The predicted molar refractivity (Wildman–Crippen MR) is 117 cm³/mol. The lowest BCUT2D eigenvalue weighted by Gasteiger charge is -2.29. The number of fused-ring (bicyclic) bond motifs is 2. The van der Waals surface area contributed by atoms with Gasteiger partial charge in [0.25, 0.3) is 0 Å². The number of anilines is 1. The molecule has 1 aliphatic carbocycles. The second-order valence-corrected chi connectivity index (χ2v) is 8.86. The van der Waals surface area contributed by atoms with Crippen molar-refractivity contribution >= 4 is 17.1 Å². The standard InChI is InChI=1S/C23H26N6O2/c1-15(23-11-18(23)22(30)26-14-23)31-21-10-16(13-29-20(21)4-5-27-29)19-3-2-17(12-25-19)28-8-6-24-7-9-28/h2-5,10,12-13,15,18,24H,6-9,11,14H2,1H3,(H,26,30)/t15-,18-,23+/m1/s1. The summed E-state index contributed by atoms with van der Waals surface area (Å²) in [6.45, 7) is 6.76. The zero-order valence-electron chi connectivity index (χ0n) is 17.5. The molecule has 2 aliphatic heterocycles. The third-order valence-corrected chi connectivity index (χ3v) is 7.14. The van der Waals surface area contributed by atoms with Crippen LogP contribution in [0.2, 0.25) is 0 Å². The molecule has 0 radical (unpaired) electrons. The molecule has 3 aromatic heterocycles. The molecule has 0 unspecified atom stereocenters. The van der Waals surface area contributed by atoms with Crippen molar-refractivity contribution in [2.45, 2.75) is 19.4 Å². The topological polar surface area (TPSA) is 83.8 Å². The molecular weight excluding hydrogens is 392 g/mol. The molecule has 3 aliphatic rings. The Balaban J connectivity index is 1.29. The third kappa shape index (κ3) is 3.05. The fraction of sp³-hybridized carbons (Fsp3) is 0.435. The Labute approximate surface area is 180 Å². The van der Waals surface area contributed by atoms with Crippen molar-refractivity contribution in [1.82, 2.24) is 25.2 Å². The summed E-state index contributed by atoms with van der Waals surface area (Å²) in [5, 5.41) is 10.8. The number of hydrogen-bond donors (Lipinski definition) is 2. The molecule has 6 rings (SSSR count). The lowest BCUT2D eigenvalue weighted by Crippen LogP contribution is -2.43. The van der Waals surface area contributed by atoms with E-state index in [1.54, 1.807) is 6.20 Å². The van der Waals surface area contributed by atoms with Gasteiger partial charge in [-0.3, -0.25) is 9.78 Å². The van der Waals surface area contributed by atoms with Gasteiger partial charge in [-0.15, -0.1) is 0 Å². The largest absolute Gasteiger partial charge is 0.488 e. The molecule has 3 fully saturated rings. The number of hydrogen-bond acceptors (Lipinski definition) is 6. The second kappa shape index (κ2) is 6.95. The Morgan fingerprint density at radius 3 is 2.84 bits per heavy atom. The SMILES string of the molecule is C[C@@H](Oc1cc(-c2ccc(N3CCNCC3)cn2)cn2nccc12)[C@]12CNC(=O)[C@H]1C2. The number of ether oxygens (including phenoxy) is 1. The first-order valence-corrected chi connectivity index (χ1v) is 11.0. The first-order chi connectivity index (χ1) is 15.1. The Morgan fingerprint density at radius 1 is 1.26 bits per heavy atom. The average Bonchev–Trinajstić information content (AvgIpc) is 3.20. The minimum absolute atomic E-state index is 0.0616. The Kier molecular flexibility index (Phi) is 4.17. The highest BCUT2D eigenvalue weighted by Gasteiger charge is 2.66. The Morgan fingerprint density at radius 2 is 2.13 bits per heavy atom. The summed E-state index contributed by atoms with van der Waals surface area (Å²) in [6, 6.07) is 8.18. The molecule has 0 spiro atoms. The van der Waals surface area contributed by atoms with E-state index < -0.39 is 0 Å². The van der Waals surface area contributed by atoms with Crippen molar-refractivity contribution in [3.05, 3.63) is 42.9 Å². The summed E-state index contributed by atoms with van der Waals surface area (Å²) in [5.41, 5.74) is 3.82. The van der Waals surface area contributed by atoms with Crippen LogP contribution in [0, 0.1) is 11.3 Å². The molecule has 8 heteroatoms. The summed E-state index contributed by atoms with van der Waals surface area (Å²) < 4.78 is 8.28. The van der Waals surface area contributed by atoms with Gasteiger partial charge >= 0.3 is 0 Å². The van der Waals surface area contributed by atoms with Crippen LogP contribution in [-0.2, 0) is 4.79 Å². The van der Waals surface area contributed by atoms with Crippen LogP contribution in [0.1, 0.15) is 13.3 Å². The lowest BCUT2D eigenvalue weighted by molar-refractivity contribution is -0.121. The van der Waals surface area contributed by atoms with Crippen molar-refractivity contribution in [3.8, 4) is 17.0 Å². The number of nitrogens with zero attached hydrogens (tertiary/aromatic N) is 4. The van der Waals surface area contributed by atoms with E-state index in [9.17, 15) is 4.79 Å². The number of carbonyl (C=O) groups is 1. The van der Waals surface area contributed by atoms with Gasteiger partial charge in [-0.25, -0.2) is 4.52 Å². The van der Waals surface area contributed by atoms with Gasteiger partial charge in [0.15, 0.2) is 0 Å². The number of nitrogens with one attached hydrogen (secondary N) is 2. The van der Waals surface area contributed by atoms with Crippen molar-refractivity contribution in [3.63, 3.8) is 0 Å². The second-order valence-electron chi connectivity index (χ2n) is 8.86. The summed E-state index contributed by atoms with van der Waals surface area (Å²) in [6.07, 6.45) is 6.55. The maximum Gasteiger partial charge on any atom is 0.223 e. The minimum Gasteiger partial charge on any atom is -0.488 e. The summed E-state index contributed by atoms with van der Waals surface area (Å²) >= 11 is 0. The van der Waals surface area contributed by atoms with Crippen molar-refractivity contribution < 1.29 is 9.53 Å². The number of aromatic nitrogens is 3. The maximum atomic E-state index is 11.9. The number of rotatable bonds is 5. The van der Waals surface area contributed by atoms with Gasteiger partial charge in [-0.2, -0.15) is 5.10 Å². The third-order valence-electron chi connectivity index (χ3n) is 7.14. The molecule has 1 saturated carbocycles. The summed E-state index contributed by atoms with van der Waals surface area (Å²) in [5.74, 6) is 1.02. The Bertz CT molecular complexity index is 1140. The molecule has 2 N–H and O–H groups in total. The Hall–Kier alpha value is -3.13. The van der Waals surface area contributed by atoms with Crippen LogP contribution in [0.15, 0.2) is 42.9 Å². The number of piperidine rings is 1. The van der Waals surface area contributed by atoms with Crippen LogP contribution >= 0.6 is 0 Å². The van der Waals surface area contributed by atoms with Gasteiger partial charge in [0.05, 0.1) is 23.8 Å². The molecule has 3 aromatic rings. The van der Waals surface area contributed by atoms with Gasteiger partial charge in [-0.05, 0) is 37.6 Å². The summed E-state index contributed by atoms with van der Waals surface area (Å²) in [7, 11) is 0. The van der Waals surface area contributed by atoms with Crippen LogP contribution < -0.4 is 20.3 Å². The van der Waals surface area contributed by atoms with Gasteiger partial charge in [0, 0.05) is 55.8 Å². The molecular formula is C23H26N6O2. The van der Waals surface area contributed by atoms with Crippen LogP contribution in [0.25, 0.3) is 16.8 Å². The normalized spacial score (nSPS) is 25.9. The molecule has 8 nitrogen and oxygen atoms in total. The van der Waals surface area contributed by atoms with Crippen LogP contribution in [-0.4, -0.2) is 59.3 Å². The number of amides is 1. The zero-order chi connectivity index (χ0) is 21.0. The zero-order valence-corrected chi connectivity index (χ0v) is 17.5. The monoisotopic (exact) mass is 418 g/mol. The minimum atomic E-state index is -0.0761. The fourth-order valence-electron chi connectivity index (χ4n) is 5.04.